The van der Waals surface area contributed by atoms with Crippen molar-refractivity contribution in [2.75, 3.05) is 13.4 Å². The zero-order valence-electron chi connectivity index (χ0n) is 9.06. The van der Waals surface area contributed by atoms with Gasteiger partial charge in [0.05, 0.1) is 13.4 Å². The minimum Gasteiger partial charge on any atom is -0.616 e. The topological polar surface area (TPSA) is 58.6 Å². The normalized spacial score (nSPS) is 20.9. The predicted octanol–water partition coefficient (Wildman–Crippen LogP) is 0.904. The molecule has 0 aliphatic carbocycles. The Labute approximate surface area is 96.7 Å². The number of ether oxygens (including phenoxy) is 2. The molecule has 0 saturated heterocycles. The highest BCUT2D eigenvalue weighted by Gasteiger charge is 2.36. The van der Waals surface area contributed by atoms with E-state index in [1.165, 1.54) is 13.4 Å². The van der Waals surface area contributed by atoms with Gasteiger partial charge < -0.3 is 14.0 Å². The lowest BCUT2D eigenvalue weighted by Gasteiger charge is -2.24. The summed E-state index contributed by atoms with van der Waals surface area (Å²) in [6.45, 7) is 0. The van der Waals surface area contributed by atoms with Crippen LogP contribution in [-0.2, 0) is 22.4 Å². The molecule has 2 rings (SSSR count). The van der Waals surface area contributed by atoms with Crippen LogP contribution in [0.1, 0.15) is 5.56 Å². The highest BCUT2D eigenvalue weighted by Crippen LogP contribution is 2.36. The lowest BCUT2D eigenvalue weighted by atomic mass is 10.1. The van der Waals surface area contributed by atoms with Gasteiger partial charge in [0.2, 0.25) is 5.25 Å². The first-order valence-corrected chi connectivity index (χ1v) is 6.45. The van der Waals surface area contributed by atoms with Crippen molar-refractivity contribution in [2.45, 2.75) is 11.7 Å². The third kappa shape index (κ3) is 1.88. The maximum Gasteiger partial charge on any atom is 0.365 e. The van der Waals surface area contributed by atoms with Gasteiger partial charge in [-0.25, -0.2) is 4.79 Å². The van der Waals surface area contributed by atoms with Crippen molar-refractivity contribution < 1.29 is 18.8 Å². The minimum atomic E-state index is -1.21. The average molecular weight is 240 g/mol. The zero-order valence-corrected chi connectivity index (χ0v) is 9.87. The molecule has 0 bridgehead atoms. The number of hydrogen-bond donors (Lipinski definition) is 0. The smallest absolute Gasteiger partial charge is 0.365 e. The van der Waals surface area contributed by atoms with Crippen LogP contribution in [0.3, 0.4) is 0 Å². The van der Waals surface area contributed by atoms with Crippen molar-refractivity contribution in [2.24, 2.45) is 0 Å². The van der Waals surface area contributed by atoms with Gasteiger partial charge in [-0.1, -0.05) is 12.1 Å². The largest absolute Gasteiger partial charge is 0.616 e. The molecule has 1 aliphatic heterocycles. The summed E-state index contributed by atoms with van der Waals surface area (Å²) in [6, 6.07) is 5.41. The Hall–Kier alpha value is -1.20. The minimum absolute atomic E-state index is 0.439. The zero-order chi connectivity index (χ0) is 11.7. The van der Waals surface area contributed by atoms with Gasteiger partial charge in [-0.3, -0.25) is 0 Å². The SMILES string of the molecule is COc1cccc2c1OC(=O)C([S+](C)[O-])C2. The monoisotopic (exact) mass is 240 g/mol. The molecular weight excluding hydrogens is 228 g/mol. The summed E-state index contributed by atoms with van der Waals surface area (Å²) in [6.07, 6.45) is 1.95. The van der Waals surface area contributed by atoms with Crippen molar-refractivity contribution in [3.63, 3.8) is 0 Å². The number of carbonyl (C=O) groups excluding carboxylic acids is 1. The van der Waals surface area contributed by atoms with Crippen molar-refractivity contribution in [3.05, 3.63) is 23.8 Å². The van der Waals surface area contributed by atoms with Gasteiger partial charge in [0.1, 0.15) is 0 Å². The van der Waals surface area contributed by atoms with Crippen LogP contribution in [0, 0.1) is 0 Å². The molecule has 2 unspecified atom stereocenters. The molecule has 1 aromatic carbocycles. The van der Waals surface area contributed by atoms with Gasteiger partial charge in [0, 0.05) is 12.0 Å². The van der Waals surface area contributed by atoms with E-state index >= 15 is 0 Å². The maximum absolute atomic E-state index is 11.6. The van der Waals surface area contributed by atoms with E-state index in [0.29, 0.717) is 17.9 Å². The Balaban J connectivity index is 2.38. The number of carbonyl (C=O) groups is 1. The molecule has 0 amide bonds. The van der Waals surface area contributed by atoms with E-state index in [2.05, 4.69) is 0 Å². The van der Waals surface area contributed by atoms with E-state index in [4.69, 9.17) is 9.47 Å². The number of para-hydroxylation sites is 1. The van der Waals surface area contributed by atoms with E-state index < -0.39 is 22.4 Å². The lowest BCUT2D eigenvalue weighted by Crippen LogP contribution is -2.38. The Morgan fingerprint density at radius 2 is 2.31 bits per heavy atom. The summed E-state index contributed by atoms with van der Waals surface area (Å²) in [5, 5.41) is -0.570. The number of esters is 1. The summed E-state index contributed by atoms with van der Waals surface area (Å²) in [4.78, 5) is 11.6. The Morgan fingerprint density at radius 1 is 1.56 bits per heavy atom. The molecule has 1 heterocycles. The maximum atomic E-state index is 11.6. The molecule has 0 N–H and O–H groups in total. The number of hydrogen-bond acceptors (Lipinski definition) is 4. The van der Waals surface area contributed by atoms with Crippen molar-refractivity contribution in [1.29, 1.82) is 0 Å². The van der Waals surface area contributed by atoms with Crippen LogP contribution < -0.4 is 9.47 Å². The summed E-state index contributed by atoms with van der Waals surface area (Å²) < 4.78 is 21.6. The second-order valence-electron chi connectivity index (χ2n) is 3.56. The van der Waals surface area contributed by atoms with Crippen LogP contribution in [0.25, 0.3) is 0 Å². The molecule has 5 heteroatoms. The Morgan fingerprint density at radius 3 is 2.94 bits per heavy atom. The molecule has 1 aromatic rings. The predicted molar refractivity (Wildman–Crippen MR) is 60.2 cm³/mol. The third-order valence-electron chi connectivity index (χ3n) is 2.55. The third-order valence-corrected chi connectivity index (χ3v) is 3.71. The molecule has 2 atom stereocenters. The van der Waals surface area contributed by atoms with Gasteiger partial charge in [-0.2, -0.15) is 0 Å². The van der Waals surface area contributed by atoms with Crippen LogP contribution in [0.5, 0.6) is 11.5 Å². The summed E-state index contributed by atoms with van der Waals surface area (Å²) in [5.74, 6) is 0.542. The van der Waals surface area contributed by atoms with E-state index in [0.717, 1.165) is 5.56 Å². The summed E-state index contributed by atoms with van der Waals surface area (Å²) in [7, 11) is 1.52. The highest BCUT2D eigenvalue weighted by molar-refractivity contribution is 7.92. The molecule has 0 aromatic heterocycles. The van der Waals surface area contributed by atoms with Crippen molar-refractivity contribution in [3.8, 4) is 11.5 Å². The van der Waals surface area contributed by atoms with Gasteiger partial charge >= 0.3 is 5.97 Å². The fourth-order valence-corrected chi connectivity index (χ4v) is 2.43. The highest BCUT2D eigenvalue weighted by atomic mass is 32.2. The first kappa shape index (κ1) is 11.3. The van der Waals surface area contributed by atoms with Gasteiger partial charge in [0.25, 0.3) is 0 Å². The van der Waals surface area contributed by atoms with Crippen molar-refractivity contribution in [1.82, 2.24) is 0 Å². The van der Waals surface area contributed by atoms with Crippen LogP contribution >= 0.6 is 0 Å². The van der Waals surface area contributed by atoms with Gasteiger partial charge in [0.15, 0.2) is 11.5 Å². The van der Waals surface area contributed by atoms with E-state index in [-0.39, 0.29) is 0 Å². The van der Waals surface area contributed by atoms with Crippen LogP contribution in [0.15, 0.2) is 18.2 Å². The lowest BCUT2D eigenvalue weighted by molar-refractivity contribution is -0.134. The number of rotatable bonds is 2. The van der Waals surface area contributed by atoms with Crippen LogP contribution in [-0.4, -0.2) is 29.1 Å². The molecule has 0 saturated carbocycles. The summed E-state index contributed by atoms with van der Waals surface area (Å²) >= 11 is -1.21. The quantitative estimate of drug-likeness (QED) is 0.438. The van der Waals surface area contributed by atoms with E-state index in [1.54, 1.807) is 6.07 Å². The van der Waals surface area contributed by atoms with Gasteiger partial charge in [-0.05, 0) is 17.2 Å². The first-order chi connectivity index (χ1) is 7.63. The average Bonchev–Trinajstić information content (AvgIpc) is 2.27. The van der Waals surface area contributed by atoms with Crippen LogP contribution in [0.4, 0.5) is 0 Å². The molecule has 0 fully saturated rings. The molecule has 86 valence electrons. The molecular formula is C11H12O4S. The molecule has 16 heavy (non-hydrogen) atoms. The summed E-state index contributed by atoms with van der Waals surface area (Å²) in [5.41, 5.74) is 0.860. The van der Waals surface area contributed by atoms with E-state index in [1.807, 2.05) is 12.1 Å². The van der Waals surface area contributed by atoms with Crippen LogP contribution in [0.2, 0.25) is 0 Å². The second kappa shape index (κ2) is 4.35. The fraction of sp³-hybridized carbons (Fsp3) is 0.364. The molecule has 4 nitrogen and oxygen atoms in total. The molecule has 1 aliphatic rings. The number of methoxy groups -OCH3 is 1. The first-order valence-electron chi connectivity index (χ1n) is 4.83. The fourth-order valence-electron chi connectivity index (χ4n) is 1.70. The number of fused-ring (bicyclic) bond motifs is 1. The van der Waals surface area contributed by atoms with Crippen molar-refractivity contribution >= 4 is 17.1 Å². The standard InChI is InChI=1S/C11H12O4S/c1-14-8-5-3-4-7-6-9(16(2)13)11(12)15-10(7)8/h3-5,9H,6H2,1-2H3. The number of benzene rings is 1. The molecule has 0 radical (unpaired) electrons. The second-order valence-corrected chi connectivity index (χ2v) is 5.13. The Kier molecular flexibility index (Phi) is 3.07. The molecule has 0 spiro atoms. The van der Waals surface area contributed by atoms with Gasteiger partial charge in [-0.15, -0.1) is 0 Å². The Bertz CT molecular complexity index is 416. The van der Waals surface area contributed by atoms with E-state index in [9.17, 15) is 9.35 Å².